The fourth-order valence-corrected chi connectivity index (χ4v) is 2.85. The van der Waals surface area contributed by atoms with Crippen LogP contribution in [0.1, 0.15) is 41.6 Å². The number of carboxylic acids is 1. The molecule has 6 heteroatoms. The van der Waals surface area contributed by atoms with Crippen LogP contribution in [0.5, 0.6) is 0 Å². The quantitative estimate of drug-likeness (QED) is 0.766. The molecule has 3 N–H and O–H groups in total. The second-order valence-corrected chi connectivity index (χ2v) is 5.95. The van der Waals surface area contributed by atoms with Crippen molar-refractivity contribution < 1.29 is 19.5 Å². The number of hydrogen-bond acceptors (Lipinski definition) is 3. The molecule has 0 aliphatic heterocycles. The number of aliphatic carboxylic acids is 1. The Bertz CT molecular complexity index is 592. The van der Waals surface area contributed by atoms with E-state index in [0.29, 0.717) is 31.2 Å². The van der Waals surface area contributed by atoms with Gasteiger partial charge in [0.1, 0.15) is 0 Å². The van der Waals surface area contributed by atoms with Crippen molar-refractivity contribution in [1.82, 2.24) is 10.6 Å². The molecule has 2 amide bonds. The lowest BCUT2D eigenvalue weighted by molar-refractivity contribution is -0.142. The molecular weight excluding hydrogens is 296 g/mol. The monoisotopic (exact) mass is 318 g/mol. The van der Waals surface area contributed by atoms with Crippen LogP contribution >= 0.6 is 0 Å². The zero-order valence-electron chi connectivity index (χ0n) is 13.2. The van der Waals surface area contributed by atoms with Crippen molar-refractivity contribution in [2.75, 3.05) is 6.54 Å². The van der Waals surface area contributed by atoms with E-state index in [1.807, 2.05) is 19.1 Å². The lowest BCUT2D eigenvalue weighted by Gasteiger charge is -2.26. The number of carbonyl (C=O) groups excluding carboxylic acids is 2. The highest BCUT2D eigenvalue weighted by atomic mass is 16.4. The van der Waals surface area contributed by atoms with Crippen LogP contribution in [-0.2, 0) is 9.59 Å². The van der Waals surface area contributed by atoms with Crippen molar-refractivity contribution in [1.29, 1.82) is 0 Å². The molecule has 1 saturated carbocycles. The fourth-order valence-electron chi connectivity index (χ4n) is 2.85. The van der Waals surface area contributed by atoms with Crippen molar-refractivity contribution in [3.63, 3.8) is 0 Å². The molecule has 23 heavy (non-hydrogen) atoms. The maximum absolute atomic E-state index is 12.0. The highest BCUT2D eigenvalue weighted by Gasteiger charge is 2.26. The third kappa shape index (κ3) is 4.81. The molecule has 0 aromatic heterocycles. The van der Waals surface area contributed by atoms with E-state index in [1.165, 1.54) is 0 Å². The zero-order valence-corrected chi connectivity index (χ0v) is 13.2. The average Bonchev–Trinajstić information content (AvgIpc) is 2.53. The van der Waals surface area contributed by atoms with Gasteiger partial charge in [-0.2, -0.15) is 0 Å². The molecule has 1 fully saturated rings. The van der Waals surface area contributed by atoms with Crippen LogP contribution in [0.15, 0.2) is 24.3 Å². The Labute approximate surface area is 135 Å². The van der Waals surface area contributed by atoms with E-state index >= 15 is 0 Å². The topological polar surface area (TPSA) is 95.5 Å². The highest BCUT2D eigenvalue weighted by molar-refractivity contribution is 5.97. The standard InChI is InChI=1S/C17H22N2O4/c1-11-4-2-3-5-14(11)16(21)18-10-15(20)19-13-8-6-12(7-9-13)17(22)23/h2-5,12-13H,6-10H2,1H3,(H,18,21)(H,19,20)(H,22,23). The summed E-state index contributed by atoms with van der Waals surface area (Å²) in [6, 6.07) is 7.19. The van der Waals surface area contributed by atoms with Gasteiger partial charge in [-0.25, -0.2) is 0 Å². The molecule has 0 spiro atoms. The maximum atomic E-state index is 12.0. The number of carboxylic acid groups (broad SMARTS) is 1. The van der Waals surface area contributed by atoms with Crippen LogP contribution < -0.4 is 10.6 Å². The molecule has 1 aliphatic carbocycles. The number of amides is 2. The minimum Gasteiger partial charge on any atom is -0.481 e. The van der Waals surface area contributed by atoms with Gasteiger partial charge in [0.25, 0.3) is 5.91 Å². The van der Waals surface area contributed by atoms with Crippen LogP contribution in [0.4, 0.5) is 0 Å². The summed E-state index contributed by atoms with van der Waals surface area (Å²) >= 11 is 0. The summed E-state index contributed by atoms with van der Waals surface area (Å²) in [6.07, 6.45) is 2.48. The van der Waals surface area contributed by atoms with E-state index in [1.54, 1.807) is 12.1 Å². The summed E-state index contributed by atoms with van der Waals surface area (Å²) in [5.74, 6) is -1.58. The lowest BCUT2D eigenvalue weighted by Crippen LogP contribution is -2.43. The first kappa shape index (κ1) is 17.0. The second kappa shape index (κ2) is 7.76. The van der Waals surface area contributed by atoms with Crippen molar-refractivity contribution in [3.8, 4) is 0 Å². The minimum absolute atomic E-state index is 0.00605. The van der Waals surface area contributed by atoms with Crippen LogP contribution in [0, 0.1) is 12.8 Å². The van der Waals surface area contributed by atoms with Crippen LogP contribution in [0.2, 0.25) is 0 Å². The van der Waals surface area contributed by atoms with Gasteiger partial charge in [-0.1, -0.05) is 18.2 Å². The SMILES string of the molecule is Cc1ccccc1C(=O)NCC(=O)NC1CCC(C(=O)O)CC1. The van der Waals surface area contributed by atoms with Crippen LogP contribution in [-0.4, -0.2) is 35.5 Å². The Hall–Kier alpha value is -2.37. The Balaban J connectivity index is 1.75. The average molecular weight is 318 g/mol. The fraction of sp³-hybridized carbons (Fsp3) is 0.471. The number of hydrogen-bond donors (Lipinski definition) is 3. The molecule has 1 aliphatic rings. The molecule has 124 valence electrons. The Morgan fingerprint density at radius 2 is 1.78 bits per heavy atom. The van der Waals surface area contributed by atoms with E-state index in [2.05, 4.69) is 10.6 Å². The van der Waals surface area contributed by atoms with E-state index < -0.39 is 5.97 Å². The van der Waals surface area contributed by atoms with Gasteiger partial charge < -0.3 is 15.7 Å². The Kier molecular flexibility index (Phi) is 5.73. The van der Waals surface area contributed by atoms with E-state index in [4.69, 9.17) is 5.11 Å². The predicted octanol–water partition coefficient (Wildman–Crippen LogP) is 1.48. The summed E-state index contributed by atoms with van der Waals surface area (Å²) in [6.45, 7) is 1.77. The third-order valence-electron chi connectivity index (χ3n) is 4.24. The third-order valence-corrected chi connectivity index (χ3v) is 4.24. The van der Waals surface area contributed by atoms with Crippen LogP contribution in [0.25, 0.3) is 0 Å². The lowest BCUT2D eigenvalue weighted by atomic mass is 9.86. The molecule has 1 aromatic rings. The number of aryl methyl sites for hydroxylation is 1. The smallest absolute Gasteiger partial charge is 0.306 e. The first-order chi connectivity index (χ1) is 11.0. The second-order valence-electron chi connectivity index (χ2n) is 5.95. The first-order valence-electron chi connectivity index (χ1n) is 7.83. The zero-order chi connectivity index (χ0) is 16.8. The first-order valence-corrected chi connectivity index (χ1v) is 7.83. The van der Waals surface area contributed by atoms with E-state index in [-0.39, 0.29) is 30.3 Å². The molecule has 0 heterocycles. The molecule has 0 bridgehead atoms. The van der Waals surface area contributed by atoms with Gasteiger partial charge >= 0.3 is 5.97 Å². The normalized spacial score (nSPS) is 20.6. The molecular formula is C17H22N2O4. The van der Waals surface area contributed by atoms with Gasteiger partial charge in [-0.3, -0.25) is 14.4 Å². The summed E-state index contributed by atoms with van der Waals surface area (Å²) in [5.41, 5.74) is 1.42. The Morgan fingerprint density at radius 3 is 2.39 bits per heavy atom. The predicted molar refractivity (Wildman–Crippen MR) is 85.0 cm³/mol. The molecule has 1 aromatic carbocycles. The van der Waals surface area contributed by atoms with Crippen molar-refractivity contribution in [2.24, 2.45) is 5.92 Å². The van der Waals surface area contributed by atoms with E-state index in [9.17, 15) is 14.4 Å². The summed E-state index contributed by atoms with van der Waals surface area (Å²) in [7, 11) is 0. The number of carbonyl (C=O) groups is 3. The molecule has 0 atom stereocenters. The molecule has 0 unspecified atom stereocenters. The molecule has 0 radical (unpaired) electrons. The molecule has 0 saturated heterocycles. The van der Waals surface area contributed by atoms with Crippen molar-refractivity contribution in [3.05, 3.63) is 35.4 Å². The van der Waals surface area contributed by atoms with Gasteiger partial charge in [0.05, 0.1) is 12.5 Å². The summed E-state index contributed by atoms with van der Waals surface area (Å²) < 4.78 is 0. The molecule has 2 rings (SSSR count). The molecule has 6 nitrogen and oxygen atoms in total. The number of rotatable bonds is 5. The van der Waals surface area contributed by atoms with Gasteiger partial charge in [0.2, 0.25) is 5.91 Å². The Morgan fingerprint density at radius 1 is 1.13 bits per heavy atom. The van der Waals surface area contributed by atoms with Gasteiger partial charge in [-0.15, -0.1) is 0 Å². The number of nitrogens with one attached hydrogen (secondary N) is 2. The van der Waals surface area contributed by atoms with E-state index in [0.717, 1.165) is 5.56 Å². The number of benzene rings is 1. The largest absolute Gasteiger partial charge is 0.481 e. The van der Waals surface area contributed by atoms with Gasteiger partial charge in [-0.05, 0) is 44.2 Å². The minimum atomic E-state index is -0.764. The van der Waals surface area contributed by atoms with Gasteiger partial charge in [0.15, 0.2) is 0 Å². The van der Waals surface area contributed by atoms with Crippen molar-refractivity contribution in [2.45, 2.75) is 38.6 Å². The highest BCUT2D eigenvalue weighted by Crippen LogP contribution is 2.24. The summed E-state index contributed by atoms with van der Waals surface area (Å²) in [5, 5.41) is 14.4. The summed E-state index contributed by atoms with van der Waals surface area (Å²) in [4.78, 5) is 34.8. The van der Waals surface area contributed by atoms with Crippen LogP contribution in [0.3, 0.4) is 0 Å². The van der Waals surface area contributed by atoms with Gasteiger partial charge in [0, 0.05) is 11.6 Å². The maximum Gasteiger partial charge on any atom is 0.306 e. The van der Waals surface area contributed by atoms with Crippen molar-refractivity contribution >= 4 is 17.8 Å².